The maximum atomic E-state index is 12.5. The van der Waals surface area contributed by atoms with Gasteiger partial charge in [-0.3, -0.25) is 9.36 Å². The van der Waals surface area contributed by atoms with Crippen LogP contribution in [0.4, 0.5) is 0 Å². The van der Waals surface area contributed by atoms with Crippen molar-refractivity contribution < 1.29 is 0 Å². The fraction of sp³-hybridized carbons (Fsp3) is 0.0625. The lowest BCUT2D eigenvalue weighted by molar-refractivity contribution is 0.775. The Labute approximate surface area is 139 Å². The second-order valence-corrected chi connectivity index (χ2v) is 6.22. The first kappa shape index (κ1) is 16.0. The van der Waals surface area contributed by atoms with Gasteiger partial charge in [-0.05, 0) is 23.8 Å². The number of rotatable bonds is 3. The summed E-state index contributed by atoms with van der Waals surface area (Å²) in [6.45, 7) is 3.86. The summed E-state index contributed by atoms with van der Waals surface area (Å²) >= 11 is 4.51. The van der Waals surface area contributed by atoms with E-state index in [2.05, 4.69) is 22.5 Å². The van der Waals surface area contributed by atoms with Gasteiger partial charge >= 0.3 is 0 Å². The highest BCUT2D eigenvalue weighted by molar-refractivity contribution is 9.10. The van der Waals surface area contributed by atoms with Gasteiger partial charge < -0.3 is 0 Å². The lowest BCUT2D eigenvalue weighted by atomic mass is 10.2. The second-order valence-electron chi connectivity index (χ2n) is 4.27. The smallest absolute Gasteiger partial charge is 0.269 e. The Morgan fingerprint density at radius 1 is 1.41 bits per heavy atom. The lowest BCUT2D eigenvalue weighted by Crippen LogP contribution is -2.31. The third-order valence-electron chi connectivity index (χ3n) is 2.80. The number of hydrogen-bond acceptors (Lipinski definition) is 4. The Morgan fingerprint density at radius 3 is 2.73 bits per heavy atom. The van der Waals surface area contributed by atoms with Crippen LogP contribution in [0, 0.1) is 22.7 Å². The molecular formula is C16H10BrN3OS. The molecule has 0 unspecified atom stereocenters. The van der Waals surface area contributed by atoms with Crippen LogP contribution < -0.4 is 14.8 Å². The number of aromatic nitrogens is 1. The lowest BCUT2D eigenvalue weighted by Gasteiger charge is -1.94. The molecule has 0 bridgehead atoms. The molecule has 0 spiro atoms. The van der Waals surface area contributed by atoms with E-state index in [0.29, 0.717) is 9.20 Å². The van der Waals surface area contributed by atoms with Crippen LogP contribution in [-0.4, -0.2) is 4.57 Å². The fourth-order valence-electron chi connectivity index (χ4n) is 1.87. The van der Waals surface area contributed by atoms with E-state index in [4.69, 9.17) is 10.5 Å². The summed E-state index contributed by atoms with van der Waals surface area (Å²) in [6.07, 6.45) is 3.31. The fourth-order valence-corrected chi connectivity index (χ4v) is 3.35. The molecule has 0 atom stereocenters. The first-order valence-corrected chi connectivity index (χ1v) is 7.84. The molecule has 0 N–H and O–H groups in total. The predicted molar refractivity (Wildman–Crippen MR) is 90.4 cm³/mol. The van der Waals surface area contributed by atoms with E-state index in [1.54, 1.807) is 12.2 Å². The molecular weight excluding hydrogens is 362 g/mol. The quantitative estimate of drug-likeness (QED) is 0.773. The summed E-state index contributed by atoms with van der Waals surface area (Å²) in [5.41, 5.74) is 0.557. The van der Waals surface area contributed by atoms with Gasteiger partial charge in [0.05, 0.1) is 4.53 Å². The van der Waals surface area contributed by atoms with E-state index >= 15 is 0 Å². The first-order chi connectivity index (χ1) is 10.6. The van der Waals surface area contributed by atoms with Crippen LogP contribution >= 0.6 is 27.3 Å². The summed E-state index contributed by atoms with van der Waals surface area (Å²) in [7, 11) is 0. The average Bonchev–Trinajstić information content (AvgIpc) is 2.79. The minimum Gasteiger partial charge on any atom is -0.293 e. The standard InChI is InChI=1S/C16H10BrN3OS/c1-2-6-20-15(21)14(22-16(20)12(9-18)10-19)8-11-4-3-5-13(17)7-11/h2-5,7-8H,1,6H2/b14-8-. The number of hydrogen-bond donors (Lipinski definition) is 0. The topological polar surface area (TPSA) is 69.6 Å². The third-order valence-corrected chi connectivity index (χ3v) is 4.43. The molecule has 0 fully saturated rings. The molecule has 0 aliphatic rings. The molecule has 1 aromatic heterocycles. The molecule has 0 aliphatic heterocycles. The number of halogens is 1. The van der Waals surface area contributed by atoms with Crippen molar-refractivity contribution in [3.8, 4) is 12.1 Å². The summed E-state index contributed by atoms with van der Waals surface area (Å²) in [4.78, 5) is 12.5. The van der Waals surface area contributed by atoms with Crippen molar-refractivity contribution in [2.45, 2.75) is 6.54 Å². The van der Waals surface area contributed by atoms with Crippen LogP contribution in [0.25, 0.3) is 11.6 Å². The van der Waals surface area contributed by atoms with Crippen molar-refractivity contribution in [3.63, 3.8) is 0 Å². The van der Waals surface area contributed by atoms with Gasteiger partial charge in [0.1, 0.15) is 16.8 Å². The van der Waals surface area contributed by atoms with E-state index in [1.807, 2.05) is 36.4 Å². The first-order valence-electron chi connectivity index (χ1n) is 6.23. The molecule has 1 aromatic carbocycles. The maximum Gasteiger partial charge on any atom is 0.269 e. The summed E-state index contributed by atoms with van der Waals surface area (Å²) in [6, 6.07) is 11.2. The van der Waals surface area contributed by atoms with Gasteiger partial charge in [-0.1, -0.05) is 34.1 Å². The van der Waals surface area contributed by atoms with E-state index in [-0.39, 0.29) is 17.7 Å². The number of allylic oxidation sites excluding steroid dienone is 1. The zero-order chi connectivity index (χ0) is 16.1. The number of thiazole rings is 1. The highest BCUT2D eigenvalue weighted by Crippen LogP contribution is 2.11. The van der Waals surface area contributed by atoms with Gasteiger partial charge in [0.15, 0.2) is 5.57 Å². The van der Waals surface area contributed by atoms with Crippen molar-refractivity contribution >= 4 is 38.9 Å². The SMILES string of the molecule is C=CCn1c(=C(C#N)C#N)s/c(=C\c2cccc(Br)c2)c1=O. The maximum absolute atomic E-state index is 12.5. The molecule has 4 nitrogen and oxygen atoms in total. The molecule has 2 aromatic rings. The van der Waals surface area contributed by atoms with Crippen LogP contribution in [-0.2, 0) is 6.54 Å². The highest BCUT2D eigenvalue weighted by atomic mass is 79.9. The minimum absolute atomic E-state index is 0.0714. The molecule has 0 radical (unpaired) electrons. The third kappa shape index (κ3) is 3.25. The average molecular weight is 372 g/mol. The molecule has 2 rings (SSSR count). The van der Waals surface area contributed by atoms with Crippen LogP contribution in [0.15, 0.2) is 46.2 Å². The largest absolute Gasteiger partial charge is 0.293 e. The Bertz CT molecular complexity index is 970. The second kappa shape index (κ2) is 7.04. The molecule has 22 heavy (non-hydrogen) atoms. The highest BCUT2D eigenvalue weighted by Gasteiger charge is 2.08. The van der Waals surface area contributed by atoms with Gasteiger partial charge in [0.2, 0.25) is 0 Å². The molecule has 0 aliphatic carbocycles. The van der Waals surface area contributed by atoms with Crippen molar-refractivity contribution in [2.75, 3.05) is 0 Å². The predicted octanol–water partition coefficient (Wildman–Crippen LogP) is 1.88. The zero-order valence-corrected chi connectivity index (χ0v) is 13.8. The van der Waals surface area contributed by atoms with Crippen LogP contribution in [0.2, 0.25) is 0 Å². The van der Waals surface area contributed by atoms with Crippen LogP contribution in [0.1, 0.15) is 5.56 Å². The normalized spacial score (nSPS) is 10.8. The van der Waals surface area contributed by atoms with Crippen molar-refractivity contribution in [1.29, 1.82) is 10.5 Å². The van der Waals surface area contributed by atoms with Gasteiger partial charge in [0, 0.05) is 11.0 Å². The number of benzene rings is 1. The monoisotopic (exact) mass is 371 g/mol. The molecule has 0 amide bonds. The molecule has 6 heteroatoms. The molecule has 108 valence electrons. The van der Waals surface area contributed by atoms with Crippen molar-refractivity contribution in [2.24, 2.45) is 0 Å². The Kier molecular flexibility index (Phi) is 5.11. The minimum atomic E-state index is -0.233. The van der Waals surface area contributed by atoms with Gasteiger partial charge in [-0.25, -0.2) is 0 Å². The summed E-state index contributed by atoms with van der Waals surface area (Å²) in [5.74, 6) is 0. The van der Waals surface area contributed by atoms with E-state index in [0.717, 1.165) is 21.4 Å². The van der Waals surface area contributed by atoms with Crippen LogP contribution in [0.3, 0.4) is 0 Å². The van der Waals surface area contributed by atoms with Crippen molar-refractivity contribution in [3.05, 3.63) is 66.5 Å². The Balaban J connectivity index is 2.82. The van der Waals surface area contributed by atoms with Crippen molar-refractivity contribution in [1.82, 2.24) is 4.57 Å². The number of nitriles is 2. The van der Waals surface area contributed by atoms with Gasteiger partial charge in [0.25, 0.3) is 5.56 Å². The molecule has 0 saturated heterocycles. The zero-order valence-electron chi connectivity index (χ0n) is 11.4. The van der Waals surface area contributed by atoms with Gasteiger partial charge in [-0.2, -0.15) is 10.5 Å². The van der Waals surface area contributed by atoms with Gasteiger partial charge in [-0.15, -0.1) is 17.9 Å². The Morgan fingerprint density at radius 2 is 2.14 bits per heavy atom. The number of nitrogens with zero attached hydrogens (tertiary/aromatic N) is 3. The van der Waals surface area contributed by atoms with Crippen LogP contribution in [0.5, 0.6) is 0 Å². The summed E-state index contributed by atoms with van der Waals surface area (Å²) in [5, 5.41) is 18.1. The molecule has 0 saturated carbocycles. The van der Waals surface area contributed by atoms with E-state index in [1.165, 1.54) is 4.57 Å². The Hall–Kier alpha value is -2.41. The van der Waals surface area contributed by atoms with E-state index in [9.17, 15) is 4.79 Å². The molecule has 1 heterocycles. The van der Waals surface area contributed by atoms with E-state index < -0.39 is 0 Å². The summed E-state index contributed by atoms with van der Waals surface area (Å²) < 4.78 is 3.13.